The van der Waals surface area contributed by atoms with Crippen LogP contribution in [0.25, 0.3) is 16.9 Å². The van der Waals surface area contributed by atoms with E-state index in [0.29, 0.717) is 34.6 Å². The molecule has 4 heterocycles. The van der Waals surface area contributed by atoms with Gasteiger partial charge in [-0.25, -0.2) is 28.1 Å². The largest absolute Gasteiger partial charge is 0.324 e. The van der Waals surface area contributed by atoms with E-state index < -0.39 is 5.82 Å². The fourth-order valence-corrected chi connectivity index (χ4v) is 3.99. The van der Waals surface area contributed by atoms with Crippen LogP contribution in [-0.4, -0.2) is 30.9 Å². The number of hydrogen-bond donors (Lipinski definition) is 2. The zero-order valence-corrected chi connectivity index (χ0v) is 17.6. The maximum absolute atomic E-state index is 14.5. The first-order valence-corrected chi connectivity index (χ1v) is 10.3. The van der Waals surface area contributed by atoms with Crippen molar-refractivity contribution in [3.05, 3.63) is 69.8 Å². The highest BCUT2D eigenvalue weighted by Crippen LogP contribution is 2.25. The summed E-state index contributed by atoms with van der Waals surface area (Å²) in [6.07, 6.45) is 3.25. The van der Waals surface area contributed by atoms with E-state index in [1.54, 1.807) is 4.68 Å². The summed E-state index contributed by atoms with van der Waals surface area (Å²) < 4.78 is 31.0. The molecule has 0 spiro atoms. The van der Waals surface area contributed by atoms with Crippen LogP contribution in [0, 0.1) is 11.6 Å². The van der Waals surface area contributed by atoms with E-state index in [1.807, 2.05) is 19.9 Å². The Morgan fingerprint density at radius 1 is 1.16 bits per heavy atom. The molecule has 5 rings (SSSR count). The number of hydrogen-bond acceptors (Lipinski definition) is 6. The molecule has 1 aliphatic rings. The van der Waals surface area contributed by atoms with Crippen molar-refractivity contribution in [2.75, 3.05) is 11.9 Å². The number of fused-ring (bicyclic) bond motifs is 2. The van der Waals surface area contributed by atoms with Gasteiger partial charge in [-0.1, -0.05) is 0 Å². The van der Waals surface area contributed by atoms with Gasteiger partial charge in [-0.05, 0) is 56.6 Å². The van der Waals surface area contributed by atoms with Gasteiger partial charge in [-0.2, -0.15) is 4.98 Å². The summed E-state index contributed by atoms with van der Waals surface area (Å²) in [5.74, 6) is -0.214. The van der Waals surface area contributed by atoms with Gasteiger partial charge in [-0.15, -0.1) is 0 Å². The summed E-state index contributed by atoms with van der Waals surface area (Å²) in [5.41, 5.74) is 2.18. The Balaban J connectivity index is 1.62. The number of aromatic nitrogens is 5. The summed E-state index contributed by atoms with van der Waals surface area (Å²) in [6.45, 7) is 5.01. The molecule has 0 aliphatic carbocycles. The number of benzene rings is 1. The molecule has 0 saturated carbocycles. The SMILES string of the molecule is CC(C)n1c(=O)c2cnc(Nc3cc(F)c4c(c3)CCNC4)nc2n1-c1ccc(F)cn1. The standard InChI is InChI=1S/C22H21F2N7O/c1-12(2)30-21(32)17-11-27-22(29-20(17)31(30)19-4-3-14(23)9-26-19)28-15-7-13-5-6-25-10-16(13)18(24)8-15/h3-4,7-9,11-12,25H,5-6,10H2,1-2H3,(H,27,28,29). The summed E-state index contributed by atoms with van der Waals surface area (Å²) in [6, 6.07) is 5.85. The molecule has 0 saturated heterocycles. The topological polar surface area (TPSA) is 89.7 Å². The third-order valence-corrected chi connectivity index (χ3v) is 5.46. The highest BCUT2D eigenvalue weighted by molar-refractivity contribution is 5.77. The van der Waals surface area contributed by atoms with Gasteiger partial charge < -0.3 is 10.6 Å². The second-order valence-corrected chi connectivity index (χ2v) is 7.97. The number of nitrogens with one attached hydrogen (secondary N) is 2. The van der Waals surface area contributed by atoms with Gasteiger partial charge in [0.25, 0.3) is 5.56 Å². The quantitative estimate of drug-likeness (QED) is 0.510. The Morgan fingerprint density at radius 3 is 2.75 bits per heavy atom. The predicted molar refractivity (Wildman–Crippen MR) is 116 cm³/mol. The fraction of sp³-hybridized carbons (Fsp3) is 0.273. The zero-order chi connectivity index (χ0) is 22.4. The third-order valence-electron chi connectivity index (χ3n) is 5.46. The fourth-order valence-electron chi connectivity index (χ4n) is 3.99. The molecule has 2 N–H and O–H groups in total. The van der Waals surface area contributed by atoms with E-state index in [-0.39, 0.29) is 23.4 Å². The second kappa shape index (κ2) is 7.79. The number of anilines is 2. The van der Waals surface area contributed by atoms with E-state index in [4.69, 9.17) is 0 Å². The summed E-state index contributed by atoms with van der Waals surface area (Å²) in [4.78, 5) is 25.9. The van der Waals surface area contributed by atoms with E-state index in [2.05, 4.69) is 25.6 Å². The lowest BCUT2D eigenvalue weighted by molar-refractivity contribution is 0.471. The van der Waals surface area contributed by atoms with Crippen LogP contribution in [0.1, 0.15) is 31.0 Å². The molecule has 0 bridgehead atoms. The number of pyridine rings is 1. The van der Waals surface area contributed by atoms with Crippen LogP contribution < -0.4 is 16.2 Å². The van der Waals surface area contributed by atoms with Gasteiger partial charge in [-0.3, -0.25) is 4.79 Å². The van der Waals surface area contributed by atoms with Crippen LogP contribution in [-0.2, 0) is 13.0 Å². The Bertz CT molecular complexity index is 1380. The zero-order valence-electron chi connectivity index (χ0n) is 17.6. The van der Waals surface area contributed by atoms with Crippen LogP contribution in [0.4, 0.5) is 20.4 Å². The first-order valence-electron chi connectivity index (χ1n) is 10.3. The summed E-state index contributed by atoms with van der Waals surface area (Å²) in [5, 5.41) is 6.51. The summed E-state index contributed by atoms with van der Waals surface area (Å²) >= 11 is 0. The smallest absolute Gasteiger partial charge is 0.278 e. The lowest BCUT2D eigenvalue weighted by atomic mass is 10.00. The molecule has 3 aromatic heterocycles. The van der Waals surface area contributed by atoms with Gasteiger partial charge in [0.1, 0.15) is 17.0 Å². The minimum absolute atomic E-state index is 0.205. The lowest BCUT2D eigenvalue weighted by Gasteiger charge is -2.19. The van der Waals surface area contributed by atoms with Crippen molar-refractivity contribution < 1.29 is 8.78 Å². The van der Waals surface area contributed by atoms with Crippen LogP contribution >= 0.6 is 0 Å². The molecule has 0 atom stereocenters. The Hall–Kier alpha value is -3.66. The molecule has 0 unspecified atom stereocenters. The molecule has 32 heavy (non-hydrogen) atoms. The third kappa shape index (κ3) is 3.42. The maximum atomic E-state index is 14.5. The van der Waals surface area contributed by atoms with Gasteiger partial charge in [0.15, 0.2) is 11.5 Å². The lowest BCUT2D eigenvalue weighted by Crippen LogP contribution is -2.24. The van der Waals surface area contributed by atoms with Gasteiger partial charge in [0.05, 0.1) is 6.20 Å². The summed E-state index contributed by atoms with van der Waals surface area (Å²) in [7, 11) is 0. The van der Waals surface area contributed by atoms with Crippen molar-refractivity contribution in [3.8, 4) is 5.82 Å². The highest BCUT2D eigenvalue weighted by atomic mass is 19.1. The average molecular weight is 437 g/mol. The molecule has 0 fully saturated rings. The number of rotatable bonds is 4. The first-order chi connectivity index (χ1) is 15.4. The molecular formula is C22H21F2N7O. The van der Waals surface area contributed by atoms with Crippen LogP contribution in [0.3, 0.4) is 0 Å². The molecule has 4 aromatic rings. The molecule has 10 heteroatoms. The molecule has 164 valence electrons. The van der Waals surface area contributed by atoms with Crippen molar-refractivity contribution in [1.82, 2.24) is 29.6 Å². The number of halogens is 2. The van der Waals surface area contributed by atoms with E-state index >= 15 is 0 Å². The normalized spacial score (nSPS) is 13.5. The molecule has 0 amide bonds. The van der Waals surface area contributed by atoms with E-state index in [1.165, 1.54) is 29.1 Å². The maximum Gasteiger partial charge on any atom is 0.278 e. The Labute approximate surface area is 181 Å². The minimum Gasteiger partial charge on any atom is -0.324 e. The Morgan fingerprint density at radius 2 is 2.00 bits per heavy atom. The molecule has 1 aromatic carbocycles. The van der Waals surface area contributed by atoms with Crippen molar-refractivity contribution >= 4 is 22.7 Å². The molecular weight excluding hydrogens is 416 g/mol. The van der Waals surface area contributed by atoms with Crippen molar-refractivity contribution in [2.24, 2.45) is 0 Å². The van der Waals surface area contributed by atoms with Crippen molar-refractivity contribution in [3.63, 3.8) is 0 Å². The Kier molecular flexibility index (Phi) is 4.93. The van der Waals surface area contributed by atoms with Crippen molar-refractivity contribution in [2.45, 2.75) is 32.9 Å². The van der Waals surface area contributed by atoms with Crippen LogP contribution in [0.5, 0.6) is 0 Å². The molecule has 1 aliphatic heterocycles. The first kappa shape index (κ1) is 20.3. The monoisotopic (exact) mass is 437 g/mol. The highest BCUT2D eigenvalue weighted by Gasteiger charge is 2.20. The van der Waals surface area contributed by atoms with Gasteiger partial charge in [0, 0.05) is 30.0 Å². The molecule has 0 radical (unpaired) electrons. The number of nitrogens with zero attached hydrogens (tertiary/aromatic N) is 5. The van der Waals surface area contributed by atoms with Gasteiger partial charge in [0.2, 0.25) is 5.95 Å². The van der Waals surface area contributed by atoms with E-state index in [9.17, 15) is 13.6 Å². The van der Waals surface area contributed by atoms with Crippen LogP contribution in [0.2, 0.25) is 0 Å². The van der Waals surface area contributed by atoms with E-state index in [0.717, 1.165) is 24.7 Å². The second-order valence-electron chi connectivity index (χ2n) is 7.97. The average Bonchev–Trinajstić information content (AvgIpc) is 3.06. The van der Waals surface area contributed by atoms with Crippen molar-refractivity contribution in [1.29, 1.82) is 0 Å². The van der Waals surface area contributed by atoms with Gasteiger partial charge >= 0.3 is 0 Å². The minimum atomic E-state index is -0.481. The van der Waals surface area contributed by atoms with Crippen LogP contribution in [0.15, 0.2) is 41.5 Å². The molecule has 8 nitrogen and oxygen atoms in total. The predicted octanol–water partition coefficient (Wildman–Crippen LogP) is 3.23.